The highest BCUT2D eigenvalue weighted by atomic mass is 19.2. The minimum absolute atomic E-state index is 0.0374. The molecule has 0 bridgehead atoms. The van der Waals surface area contributed by atoms with Crippen LogP contribution in [-0.2, 0) is 28.7 Å². The fraction of sp³-hybridized carbons (Fsp3) is 0.577. The van der Waals surface area contributed by atoms with Gasteiger partial charge in [-0.15, -0.1) is 0 Å². The molecule has 16 nitrogen and oxygen atoms in total. The second-order valence-corrected chi connectivity index (χ2v) is 18.3. The molecule has 5 N–H and O–H groups in total. The Bertz CT molecular complexity index is 2120. The number of ether oxygens (including phenoxy) is 2. The van der Waals surface area contributed by atoms with Crippen LogP contribution in [0.4, 0.5) is 14.5 Å². The number of nitrogens with zero attached hydrogens (tertiary/aromatic N) is 5. The number of amides is 6. The molecule has 384 valence electrons. The molecule has 3 unspecified atom stereocenters. The van der Waals surface area contributed by atoms with E-state index in [1.807, 2.05) is 43.9 Å². The summed E-state index contributed by atoms with van der Waals surface area (Å²) in [6, 6.07) is 12.7. The lowest BCUT2D eigenvalue weighted by molar-refractivity contribution is -0.138. The number of halogens is 2. The lowest BCUT2D eigenvalue weighted by Crippen LogP contribution is -2.47. The van der Waals surface area contributed by atoms with E-state index in [0.717, 1.165) is 89.8 Å². The van der Waals surface area contributed by atoms with Crippen LogP contribution in [-0.4, -0.2) is 114 Å². The van der Waals surface area contributed by atoms with Crippen molar-refractivity contribution in [2.24, 2.45) is 34.6 Å². The fourth-order valence-corrected chi connectivity index (χ4v) is 9.50. The largest absolute Gasteiger partial charge is 0.494 e. The molecule has 5 heterocycles. The summed E-state index contributed by atoms with van der Waals surface area (Å²) in [5.74, 6) is -2.69. The van der Waals surface area contributed by atoms with E-state index >= 15 is 0 Å². The molecule has 0 radical (unpaired) electrons. The number of nitrogens with one attached hydrogen (secondary N) is 1. The number of carbonyl (C=O) groups is 6. The molecule has 5 aliphatic rings. The first-order chi connectivity index (χ1) is 33.6. The van der Waals surface area contributed by atoms with Gasteiger partial charge in [-0.1, -0.05) is 45.2 Å². The number of hydrogen-bond donors (Lipinski definition) is 3. The third kappa shape index (κ3) is 16.8. The van der Waals surface area contributed by atoms with Gasteiger partial charge in [0.25, 0.3) is 11.8 Å². The first-order valence-electron chi connectivity index (χ1n) is 24.8. The van der Waals surface area contributed by atoms with E-state index in [0.29, 0.717) is 37.0 Å². The predicted molar refractivity (Wildman–Crippen MR) is 262 cm³/mol. The molecular formula is C52H74F2N8O8. The Kier molecular flexibility index (Phi) is 23.1. The van der Waals surface area contributed by atoms with Crippen molar-refractivity contribution in [3.8, 4) is 5.75 Å². The molecule has 3 saturated heterocycles. The SMILES string of the molecule is CC.CC1CCC(C(=O)N(CCNC(=O)C2CCCCC2)c2ccnc(C(N)=O)c2)O1.CN1CC(C(=O)N2CCC3(CCC(C(N)=O)CC3)CC2)CC1=O.COc1cccc(F)c1F.c1ccncc1. The summed E-state index contributed by atoms with van der Waals surface area (Å²) in [6.07, 6.45) is 17.4. The van der Waals surface area contributed by atoms with Crippen molar-refractivity contribution in [1.29, 1.82) is 0 Å². The minimum atomic E-state index is -0.940. The van der Waals surface area contributed by atoms with Crippen LogP contribution in [0.5, 0.6) is 5.75 Å². The number of anilines is 1. The maximum absolute atomic E-state index is 13.1. The average Bonchev–Trinajstić information content (AvgIpc) is 3.98. The summed E-state index contributed by atoms with van der Waals surface area (Å²) >= 11 is 0. The van der Waals surface area contributed by atoms with E-state index < -0.39 is 23.6 Å². The highest BCUT2D eigenvalue weighted by Crippen LogP contribution is 2.46. The lowest BCUT2D eigenvalue weighted by atomic mass is 9.65. The Morgan fingerprint density at radius 2 is 1.53 bits per heavy atom. The molecule has 3 aliphatic heterocycles. The van der Waals surface area contributed by atoms with Gasteiger partial charge in [-0.05, 0) is 113 Å². The normalized spacial score (nSPS) is 20.7. The number of aromatic nitrogens is 2. The van der Waals surface area contributed by atoms with Crippen molar-refractivity contribution >= 4 is 41.1 Å². The number of hydrogen-bond acceptors (Lipinski definition) is 10. The van der Waals surface area contributed by atoms with Gasteiger partial charge in [-0.3, -0.25) is 38.7 Å². The van der Waals surface area contributed by atoms with Crippen LogP contribution in [0.1, 0.15) is 121 Å². The van der Waals surface area contributed by atoms with Gasteiger partial charge in [0.1, 0.15) is 11.8 Å². The molecule has 70 heavy (non-hydrogen) atoms. The van der Waals surface area contributed by atoms with Crippen LogP contribution >= 0.6 is 0 Å². The van der Waals surface area contributed by atoms with E-state index in [-0.39, 0.29) is 71.4 Å². The number of carbonyl (C=O) groups excluding carboxylic acids is 6. The molecule has 1 aromatic carbocycles. The number of rotatable bonds is 10. The third-order valence-electron chi connectivity index (χ3n) is 13.7. The standard InChI is InChI=1S/C21H30N4O4.C17H27N3O3.C7H6F2O.C5H5N.C2H6/c1-14-7-8-18(29-14)21(28)25(16-9-10-23-17(13-16)19(22)26)12-11-24-20(27)15-5-3-2-4-6-15;1-19-11-13(10-14(19)21)16(23)20-8-6-17(7-9-20)4-2-12(3-5-17)15(18)22;1-10-6-4-2-3-5(8)7(6)9;1-2-4-6-5-3-1;1-2/h9-10,13-15,18H,2-8,11-12H2,1H3,(H2,22,26)(H,24,27);12-13H,2-11H2,1H3,(H2,18,22);2-4H,1H3;1-5H;1-2H3. The van der Waals surface area contributed by atoms with Crippen molar-refractivity contribution < 1.29 is 47.0 Å². The molecule has 2 saturated carbocycles. The summed E-state index contributed by atoms with van der Waals surface area (Å²) in [5, 5.41) is 2.96. The van der Waals surface area contributed by atoms with Gasteiger partial charge in [-0.25, -0.2) is 4.39 Å². The second-order valence-electron chi connectivity index (χ2n) is 18.3. The van der Waals surface area contributed by atoms with Gasteiger partial charge >= 0.3 is 0 Å². The molecular weight excluding hydrogens is 903 g/mol. The number of pyridine rings is 2. The number of methoxy groups -OCH3 is 1. The maximum atomic E-state index is 13.1. The highest BCUT2D eigenvalue weighted by Gasteiger charge is 2.42. The van der Waals surface area contributed by atoms with Crippen molar-refractivity contribution in [1.82, 2.24) is 25.1 Å². The molecule has 2 aromatic heterocycles. The summed E-state index contributed by atoms with van der Waals surface area (Å²) in [6.45, 7) is 8.69. The summed E-state index contributed by atoms with van der Waals surface area (Å²) in [5.41, 5.74) is 11.7. The van der Waals surface area contributed by atoms with Crippen molar-refractivity contribution in [2.75, 3.05) is 51.8 Å². The van der Waals surface area contributed by atoms with E-state index in [9.17, 15) is 37.5 Å². The Balaban J connectivity index is 0.000000228. The zero-order chi connectivity index (χ0) is 51.2. The molecule has 2 aliphatic carbocycles. The predicted octanol–water partition coefficient (Wildman–Crippen LogP) is 6.61. The first-order valence-corrected chi connectivity index (χ1v) is 24.8. The van der Waals surface area contributed by atoms with Crippen molar-refractivity contribution in [3.63, 3.8) is 0 Å². The summed E-state index contributed by atoms with van der Waals surface area (Å²) < 4.78 is 35.1. The number of nitrogens with two attached hydrogens (primary N) is 2. The van der Waals surface area contributed by atoms with E-state index in [1.54, 1.807) is 35.3 Å². The minimum Gasteiger partial charge on any atom is -0.494 e. The third-order valence-corrected chi connectivity index (χ3v) is 13.7. The highest BCUT2D eigenvalue weighted by molar-refractivity contribution is 5.98. The van der Waals surface area contributed by atoms with Crippen molar-refractivity contribution in [3.05, 3.63) is 84.4 Å². The lowest BCUT2D eigenvalue weighted by Gasteiger charge is -2.46. The van der Waals surface area contributed by atoms with Gasteiger partial charge in [0, 0.05) is 82.3 Å². The molecule has 8 rings (SSSR count). The molecule has 6 amide bonds. The second kappa shape index (κ2) is 28.6. The molecule has 3 atom stereocenters. The van der Waals surface area contributed by atoms with Crippen LogP contribution in [0.25, 0.3) is 0 Å². The van der Waals surface area contributed by atoms with Crippen LogP contribution in [0.3, 0.4) is 0 Å². The number of likely N-dealkylation sites (tertiary alicyclic amines) is 2. The molecule has 18 heteroatoms. The van der Waals surface area contributed by atoms with Crippen LogP contribution < -0.4 is 26.4 Å². The van der Waals surface area contributed by atoms with Gasteiger partial charge in [0.2, 0.25) is 29.4 Å². The molecule has 3 aromatic rings. The summed E-state index contributed by atoms with van der Waals surface area (Å²) in [7, 11) is 3.05. The Hall–Kier alpha value is -6.04. The van der Waals surface area contributed by atoms with E-state index in [4.69, 9.17) is 16.2 Å². The quantitative estimate of drug-likeness (QED) is 0.197. The van der Waals surface area contributed by atoms with Gasteiger partial charge in [0.05, 0.1) is 19.1 Å². The fourth-order valence-electron chi connectivity index (χ4n) is 9.50. The zero-order valence-corrected chi connectivity index (χ0v) is 41.6. The van der Waals surface area contributed by atoms with Crippen LogP contribution in [0.2, 0.25) is 0 Å². The topological polar surface area (TPSA) is 220 Å². The van der Waals surface area contributed by atoms with E-state index in [2.05, 4.69) is 20.0 Å². The van der Waals surface area contributed by atoms with Crippen molar-refractivity contribution in [2.45, 2.75) is 123 Å². The monoisotopic (exact) mass is 977 g/mol. The maximum Gasteiger partial charge on any atom is 0.267 e. The summed E-state index contributed by atoms with van der Waals surface area (Å²) in [4.78, 5) is 85.4. The number of primary amides is 2. The van der Waals surface area contributed by atoms with Crippen LogP contribution in [0, 0.1) is 34.8 Å². The average molecular weight is 977 g/mol. The van der Waals surface area contributed by atoms with Gasteiger partial charge < -0.3 is 41.0 Å². The molecule has 1 spiro atoms. The van der Waals surface area contributed by atoms with Crippen LogP contribution in [0.15, 0.2) is 67.1 Å². The number of benzene rings is 1. The Morgan fingerprint density at radius 3 is 2.04 bits per heavy atom. The molecule has 5 fully saturated rings. The Labute approximate surface area is 411 Å². The zero-order valence-electron chi connectivity index (χ0n) is 41.6. The number of piperidine rings is 1. The van der Waals surface area contributed by atoms with E-state index in [1.165, 1.54) is 37.9 Å². The van der Waals surface area contributed by atoms with Gasteiger partial charge in [0.15, 0.2) is 11.6 Å². The Morgan fingerprint density at radius 1 is 0.857 bits per heavy atom. The smallest absolute Gasteiger partial charge is 0.267 e. The van der Waals surface area contributed by atoms with Gasteiger partial charge in [-0.2, -0.15) is 4.39 Å². The first kappa shape index (κ1) is 56.5.